The fraction of sp³-hybridized carbons (Fsp3) is 0.667. The molecular formula is C12H20N4. The summed E-state index contributed by atoms with van der Waals surface area (Å²) in [7, 11) is 0. The first-order chi connectivity index (χ1) is 7.55. The van der Waals surface area contributed by atoms with E-state index in [9.17, 15) is 0 Å². The molecule has 1 saturated carbocycles. The van der Waals surface area contributed by atoms with E-state index in [-0.39, 0.29) is 0 Å². The molecule has 0 amide bonds. The molecule has 0 bridgehead atoms. The molecule has 4 nitrogen and oxygen atoms in total. The Bertz CT molecular complexity index is 362. The average molecular weight is 220 g/mol. The highest BCUT2D eigenvalue weighted by atomic mass is 15.1. The number of nitrogen functional groups attached to an aromatic ring is 1. The predicted octanol–water partition coefficient (Wildman–Crippen LogP) is 2.44. The molecule has 4 heteroatoms. The maximum absolute atomic E-state index is 5.63. The Hall–Kier alpha value is -1.32. The van der Waals surface area contributed by atoms with Gasteiger partial charge in [-0.15, -0.1) is 0 Å². The van der Waals surface area contributed by atoms with Gasteiger partial charge < -0.3 is 11.1 Å². The maximum Gasteiger partial charge on any atom is 0.224 e. The Morgan fingerprint density at radius 2 is 2.31 bits per heavy atom. The molecule has 1 aliphatic rings. The van der Waals surface area contributed by atoms with Crippen LogP contribution in [0.15, 0.2) is 12.3 Å². The molecule has 0 aliphatic heterocycles. The van der Waals surface area contributed by atoms with Gasteiger partial charge in [0.2, 0.25) is 5.95 Å². The van der Waals surface area contributed by atoms with E-state index < -0.39 is 0 Å². The van der Waals surface area contributed by atoms with Crippen LogP contribution in [0.1, 0.15) is 39.5 Å². The fourth-order valence-corrected chi connectivity index (χ4v) is 2.45. The molecule has 0 radical (unpaired) electrons. The molecular weight excluding hydrogens is 200 g/mol. The smallest absolute Gasteiger partial charge is 0.224 e. The lowest BCUT2D eigenvalue weighted by atomic mass is 9.75. The molecule has 1 aliphatic carbocycles. The van der Waals surface area contributed by atoms with Gasteiger partial charge in [0, 0.05) is 12.2 Å². The predicted molar refractivity (Wildman–Crippen MR) is 66.1 cm³/mol. The van der Waals surface area contributed by atoms with Crippen molar-refractivity contribution in [1.82, 2.24) is 9.97 Å². The number of nitrogens with two attached hydrogens (primary N) is 1. The van der Waals surface area contributed by atoms with Crippen LogP contribution in [-0.4, -0.2) is 16.0 Å². The first kappa shape index (κ1) is 11.2. The van der Waals surface area contributed by atoms with Crippen LogP contribution in [0, 0.1) is 5.41 Å². The highest BCUT2D eigenvalue weighted by Crippen LogP contribution is 2.35. The normalized spacial score (nSPS) is 24.0. The van der Waals surface area contributed by atoms with Crippen LogP contribution < -0.4 is 11.1 Å². The zero-order valence-corrected chi connectivity index (χ0v) is 10.0. The van der Waals surface area contributed by atoms with Crippen LogP contribution >= 0.6 is 0 Å². The zero-order chi connectivity index (χ0) is 11.6. The summed E-state index contributed by atoms with van der Waals surface area (Å²) in [5, 5.41) is 3.38. The number of hydrogen-bond acceptors (Lipinski definition) is 4. The Morgan fingerprint density at radius 1 is 1.50 bits per heavy atom. The van der Waals surface area contributed by atoms with Crippen molar-refractivity contribution in [3.8, 4) is 0 Å². The van der Waals surface area contributed by atoms with Gasteiger partial charge in [-0.05, 0) is 30.7 Å². The number of hydrogen-bond donors (Lipinski definition) is 2. The number of aromatic nitrogens is 2. The molecule has 3 N–H and O–H groups in total. The molecule has 1 fully saturated rings. The van der Waals surface area contributed by atoms with Gasteiger partial charge in [-0.2, -0.15) is 4.98 Å². The topological polar surface area (TPSA) is 63.8 Å². The van der Waals surface area contributed by atoms with Gasteiger partial charge in [-0.1, -0.05) is 20.3 Å². The molecule has 88 valence electrons. The Kier molecular flexibility index (Phi) is 2.99. The van der Waals surface area contributed by atoms with Crippen LogP contribution in [0.5, 0.6) is 0 Å². The van der Waals surface area contributed by atoms with Crippen molar-refractivity contribution in [2.45, 2.75) is 45.6 Å². The molecule has 2 rings (SSSR count). The molecule has 1 aromatic rings. The Morgan fingerprint density at radius 3 is 3.00 bits per heavy atom. The minimum absolute atomic E-state index is 0.427. The lowest BCUT2D eigenvalue weighted by molar-refractivity contribution is 0.229. The van der Waals surface area contributed by atoms with Gasteiger partial charge in [0.05, 0.1) is 0 Å². The largest absolute Gasteiger partial charge is 0.384 e. The minimum Gasteiger partial charge on any atom is -0.384 e. The summed E-state index contributed by atoms with van der Waals surface area (Å²) in [5.41, 5.74) is 6.05. The van der Waals surface area contributed by atoms with E-state index in [2.05, 4.69) is 29.1 Å². The number of nitrogens with one attached hydrogen (secondary N) is 1. The number of anilines is 2. The quantitative estimate of drug-likeness (QED) is 0.803. The van der Waals surface area contributed by atoms with Crippen LogP contribution in [0.2, 0.25) is 0 Å². The van der Waals surface area contributed by atoms with E-state index >= 15 is 0 Å². The van der Waals surface area contributed by atoms with Crippen LogP contribution in [-0.2, 0) is 0 Å². The van der Waals surface area contributed by atoms with Crippen LogP contribution in [0.3, 0.4) is 0 Å². The summed E-state index contributed by atoms with van der Waals surface area (Å²) >= 11 is 0. The van der Waals surface area contributed by atoms with E-state index in [1.54, 1.807) is 12.3 Å². The zero-order valence-electron chi connectivity index (χ0n) is 10.0. The Balaban J connectivity index is 1.99. The van der Waals surface area contributed by atoms with Crippen molar-refractivity contribution < 1.29 is 0 Å². The van der Waals surface area contributed by atoms with Crippen molar-refractivity contribution >= 4 is 11.8 Å². The molecule has 0 saturated heterocycles. The number of rotatable bonds is 2. The van der Waals surface area contributed by atoms with Gasteiger partial charge in [-0.3, -0.25) is 0 Å². The molecule has 0 spiro atoms. The van der Waals surface area contributed by atoms with Crippen molar-refractivity contribution in [1.29, 1.82) is 0 Å². The fourth-order valence-electron chi connectivity index (χ4n) is 2.45. The first-order valence-electron chi connectivity index (χ1n) is 5.90. The minimum atomic E-state index is 0.427. The highest BCUT2D eigenvalue weighted by Gasteiger charge is 2.28. The van der Waals surface area contributed by atoms with Crippen LogP contribution in [0.4, 0.5) is 11.8 Å². The average Bonchev–Trinajstić information content (AvgIpc) is 2.15. The van der Waals surface area contributed by atoms with Crippen LogP contribution in [0.25, 0.3) is 0 Å². The lowest BCUT2D eigenvalue weighted by Gasteiger charge is -2.35. The third-order valence-corrected chi connectivity index (χ3v) is 3.22. The third-order valence-electron chi connectivity index (χ3n) is 3.22. The second kappa shape index (κ2) is 4.28. The third kappa shape index (κ3) is 2.84. The van der Waals surface area contributed by atoms with Crippen molar-refractivity contribution in [3.63, 3.8) is 0 Å². The van der Waals surface area contributed by atoms with E-state index in [0.29, 0.717) is 23.2 Å². The standard InChI is InChI=1S/C12H20N4/c1-12(2)6-3-4-9(8-12)15-11-14-7-5-10(13)16-11/h5,7,9H,3-4,6,8H2,1-2H3,(H3,13,14,15,16). The molecule has 16 heavy (non-hydrogen) atoms. The van der Waals surface area contributed by atoms with Gasteiger partial charge in [-0.25, -0.2) is 4.98 Å². The second-order valence-corrected chi connectivity index (χ2v) is 5.41. The molecule has 1 unspecified atom stereocenters. The van der Waals surface area contributed by atoms with Gasteiger partial charge in [0.25, 0.3) is 0 Å². The first-order valence-corrected chi connectivity index (χ1v) is 5.90. The monoisotopic (exact) mass is 220 g/mol. The molecule has 1 heterocycles. The number of nitrogens with zero attached hydrogens (tertiary/aromatic N) is 2. The summed E-state index contributed by atoms with van der Waals surface area (Å²) < 4.78 is 0. The van der Waals surface area contributed by atoms with Crippen molar-refractivity contribution in [2.24, 2.45) is 5.41 Å². The van der Waals surface area contributed by atoms with Gasteiger partial charge in [0.1, 0.15) is 5.82 Å². The van der Waals surface area contributed by atoms with E-state index in [1.807, 2.05) is 0 Å². The highest BCUT2D eigenvalue weighted by molar-refractivity contribution is 5.35. The van der Waals surface area contributed by atoms with Gasteiger partial charge >= 0.3 is 0 Å². The molecule has 1 aromatic heterocycles. The van der Waals surface area contributed by atoms with E-state index in [0.717, 1.165) is 0 Å². The maximum atomic E-state index is 5.63. The summed E-state index contributed by atoms with van der Waals surface area (Å²) in [4.78, 5) is 8.35. The van der Waals surface area contributed by atoms with Gasteiger partial charge in [0.15, 0.2) is 0 Å². The summed E-state index contributed by atoms with van der Waals surface area (Å²) in [6.07, 6.45) is 6.64. The lowest BCUT2D eigenvalue weighted by Crippen LogP contribution is -2.32. The summed E-state index contributed by atoms with van der Waals surface area (Å²) in [6, 6.07) is 2.18. The summed E-state index contributed by atoms with van der Waals surface area (Å²) in [5.74, 6) is 1.18. The van der Waals surface area contributed by atoms with E-state index in [1.165, 1.54) is 25.7 Å². The van der Waals surface area contributed by atoms with Crippen molar-refractivity contribution in [3.05, 3.63) is 12.3 Å². The molecule has 1 atom stereocenters. The second-order valence-electron chi connectivity index (χ2n) is 5.41. The SMILES string of the molecule is CC1(C)CCCC(Nc2nccc(N)n2)C1. The van der Waals surface area contributed by atoms with E-state index in [4.69, 9.17) is 5.73 Å². The Labute approximate surface area is 96.7 Å². The van der Waals surface area contributed by atoms with Crippen molar-refractivity contribution in [2.75, 3.05) is 11.1 Å². The molecule has 0 aromatic carbocycles. The summed E-state index contributed by atoms with van der Waals surface area (Å²) in [6.45, 7) is 4.64.